The number of ether oxygens (including phenoxy) is 6. The van der Waals surface area contributed by atoms with Crippen molar-refractivity contribution in [3.8, 4) is 0 Å². The Bertz CT molecular complexity index is 1320. The Hall–Kier alpha value is -3.51. The molecular formula is C33H44O12. The van der Waals surface area contributed by atoms with Crippen LogP contribution >= 0.6 is 0 Å². The molecule has 9 unspecified atom stereocenters. The Morgan fingerprint density at radius 2 is 1.53 bits per heavy atom. The molecule has 12 nitrogen and oxygen atoms in total. The van der Waals surface area contributed by atoms with Crippen LogP contribution in [0.1, 0.15) is 85.0 Å². The number of carbonyl (C=O) groups excluding carboxylic acids is 5. The average Bonchev–Trinajstić information content (AvgIpc) is 3.15. The van der Waals surface area contributed by atoms with E-state index in [1.807, 2.05) is 6.92 Å². The molecule has 2 bridgehead atoms. The van der Waals surface area contributed by atoms with E-state index in [-0.39, 0.29) is 18.4 Å². The summed E-state index contributed by atoms with van der Waals surface area (Å²) in [6.07, 6.45) is -4.97. The molecule has 1 aromatic carbocycles. The van der Waals surface area contributed by atoms with Crippen LogP contribution in [0, 0.1) is 17.3 Å². The van der Waals surface area contributed by atoms with Gasteiger partial charge in [-0.05, 0) is 52.2 Å². The molecule has 12 heteroatoms. The first kappa shape index (κ1) is 34.4. The largest absolute Gasteiger partial charge is 0.465 e. The molecule has 4 rings (SSSR count). The van der Waals surface area contributed by atoms with Gasteiger partial charge in [0, 0.05) is 20.8 Å². The summed E-state index contributed by atoms with van der Waals surface area (Å²) in [6, 6.07) is 8.09. The highest BCUT2D eigenvalue weighted by atomic mass is 16.6. The van der Waals surface area contributed by atoms with Gasteiger partial charge in [0.2, 0.25) is 0 Å². The molecule has 45 heavy (non-hydrogen) atoms. The molecule has 1 N–H and O–H groups in total. The average molecular weight is 633 g/mol. The number of fused-ring (bicyclic) bond motifs is 1. The summed E-state index contributed by atoms with van der Waals surface area (Å²) < 4.78 is 36.9. The van der Waals surface area contributed by atoms with Gasteiger partial charge in [0.05, 0.1) is 28.6 Å². The zero-order valence-electron chi connectivity index (χ0n) is 27.1. The number of aliphatic hydroxyl groups is 1. The lowest BCUT2D eigenvalue weighted by atomic mass is 9.46. The highest BCUT2D eigenvalue weighted by Gasteiger charge is 2.87. The summed E-state index contributed by atoms with van der Waals surface area (Å²) in [6.45, 7) is 11.3. The number of carbonyl (C=O) groups is 5. The lowest BCUT2D eigenvalue weighted by Gasteiger charge is -2.65. The molecule has 2 aliphatic carbocycles. The summed E-state index contributed by atoms with van der Waals surface area (Å²) in [5.74, 6) is -5.13. The molecule has 1 heterocycles. The quantitative estimate of drug-likeness (QED) is 0.313. The minimum Gasteiger partial charge on any atom is -0.465 e. The second kappa shape index (κ2) is 12.4. The van der Waals surface area contributed by atoms with Crippen molar-refractivity contribution in [3.63, 3.8) is 0 Å². The molecule has 248 valence electrons. The maximum absolute atomic E-state index is 13.9. The fourth-order valence-corrected chi connectivity index (χ4v) is 7.66. The predicted octanol–water partition coefficient (Wildman–Crippen LogP) is 3.31. The molecule has 1 aliphatic heterocycles. The Balaban J connectivity index is 2.11. The Kier molecular flexibility index (Phi) is 9.43. The number of rotatable bonds is 9. The predicted molar refractivity (Wildman–Crippen MR) is 156 cm³/mol. The van der Waals surface area contributed by atoms with Crippen molar-refractivity contribution in [2.45, 2.75) is 116 Å². The van der Waals surface area contributed by atoms with Crippen LogP contribution in [0.5, 0.6) is 0 Å². The van der Waals surface area contributed by atoms with E-state index in [4.69, 9.17) is 28.4 Å². The third-order valence-electron chi connectivity index (χ3n) is 9.70. The van der Waals surface area contributed by atoms with Gasteiger partial charge in [-0.25, -0.2) is 4.79 Å². The van der Waals surface area contributed by atoms with Crippen molar-refractivity contribution in [2.75, 3.05) is 6.61 Å². The van der Waals surface area contributed by atoms with Crippen LogP contribution in [-0.4, -0.2) is 82.8 Å². The normalized spacial score (nSPS) is 35.3. The molecule has 0 aromatic heterocycles. The van der Waals surface area contributed by atoms with Gasteiger partial charge in [0.25, 0.3) is 0 Å². The number of esters is 5. The van der Waals surface area contributed by atoms with Crippen molar-refractivity contribution in [1.29, 1.82) is 0 Å². The first-order chi connectivity index (χ1) is 20.9. The van der Waals surface area contributed by atoms with Gasteiger partial charge < -0.3 is 33.5 Å². The highest BCUT2D eigenvalue weighted by Crippen LogP contribution is 2.69. The zero-order valence-corrected chi connectivity index (χ0v) is 27.1. The summed E-state index contributed by atoms with van der Waals surface area (Å²) in [5.41, 5.74) is -6.89. The molecule has 9 atom stereocenters. The molecule has 2 saturated carbocycles. The van der Waals surface area contributed by atoms with E-state index in [0.29, 0.717) is 6.42 Å². The fraction of sp³-hybridized carbons (Fsp3) is 0.667. The van der Waals surface area contributed by atoms with E-state index >= 15 is 0 Å². The highest BCUT2D eigenvalue weighted by molar-refractivity contribution is 5.89. The third-order valence-corrected chi connectivity index (χ3v) is 9.70. The van der Waals surface area contributed by atoms with Crippen LogP contribution in [0.25, 0.3) is 0 Å². The van der Waals surface area contributed by atoms with Crippen molar-refractivity contribution in [2.24, 2.45) is 17.3 Å². The molecule has 3 fully saturated rings. The summed E-state index contributed by atoms with van der Waals surface area (Å²) >= 11 is 0. The Morgan fingerprint density at radius 1 is 0.911 bits per heavy atom. The first-order valence-electron chi connectivity index (χ1n) is 15.3. The number of hydrogen-bond acceptors (Lipinski definition) is 12. The third kappa shape index (κ3) is 5.71. The SMILES string of the molecule is CCC(C)C(=O)OC1C2C(OC(C)=O)C3(OC2(C)C)C(C)(O)CCC(OC(C)=O)C3(COC(C)=O)C1OC(=O)c1ccccc1. The van der Waals surface area contributed by atoms with E-state index in [1.165, 1.54) is 39.8 Å². The van der Waals surface area contributed by atoms with Crippen LogP contribution < -0.4 is 0 Å². The summed E-state index contributed by atoms with van der Waals surface area (Å²) in [5, 5.41) is 12.4. The van der Waals surface area contributed by atoms with Gasteiger partial charge >= 0.3 is 29.8 Å². The van der Waals surface area contributed by atoms with E-state index in [1.54, 1.807) is 39.0 Å². The zero-order chi connectivity index (χ0) is 33.5. The van der Waals surface area contributed by atoms with E-state index in [0.717, 1.165) is 0 Å². The maximum atomic E-state index is 13.9. The standard InChI is InChI=1S/C33H44O12/c1-9-18(2)28(37)43-25-24-26(42-21(5)36)33(45-30(24,6)7)31(8,39)16-15-23(41-20(4)35)32(33,17-40-19(3)34)27(25)44-29(38)22-13-11-10-12-14-22/h10-14,18,23-27,39H,9,15-17H2,1-8H3. The van der Waals surface area contributed by atoms with E-state index in [2.05, 4.69) is 0 Å². The monoisotopic (exact) mass is 632 g/mol. The summed E-state index contributed by atoms with van der Waals surface area (Å²) in [4.78, 5) is 65.3. The lowest BCUT2D eigenvalue weighted by Crippen LogP contribution is -2.83. The van der Waals surface area contributed by atoms with Gasteiger partial charge in [-0.3, -0.25) is 19.2 Å². The molecule has 1 saturated heterocycles. The second-order valence-electron chi connectivity index (χ2n) is 13.1. The lowest BCUT2D eigenvalue weighted by molar-refractivity contribution is -0.349. The Morgan fingerprint density at radius 3 is 2.09 bits per heavy atom. The number of hydrogen-bond donors (Lipinski definition) is 1. The molecule has 1 aromatic rings. The molecule has 1 spiro atoms. The first-order valence-corrected chi connectivity index (χ1v) is 15.3. The fourth-order valence-electron chi connectivity index (χ4n) is 7.66. The van der Waals surface area contributed by atoms with Crippen LogP contribution in [0.3, 0.4) is 0 Å². The molecular weight excluding hydrogens is 588 g/mol. The van der Waals surface area contributed by atoms with Gasteiger partial charge in [-0.1, -0.05) is 32.0 Å². The van der Waals surface area contributed by atoms with Crippen LogP contribution in [-0.2, 0) is 47.6 Å². The van der Waals surface area contributed by atoms with E-state index < -0.39 is 94.9 Å². The van der Waals surface area contributed by atoms with Gasteiger partial charge in [-0.15, -0.1) is 0 Å². The van der Waals surface area contributed by atoms with Gasteiger partial charge in [0.1, 0.15) is 30.3 Å². The van der Waals surface area contributed by atoms with Gasteiger partial charge in [-0.2, -0.15) is 0 Å². The van der Waals surface area contributed by atoms with Crippen LogP contribution in [0.2, 0.25) is 0 Å². The van der Waals surface area contributed by atoms with Crippen molar-refractivity contribution >= 4 is 29.8 Å². The molecule has 0 radical (unpaired) electrons. The Labute approximate surface area is 263 Å². The topological polar surface area (TPSA) is 161 Å². The maximum Gasteiger partial charge on any atom is 0.338 e. The van der Waals surface area contributed by atoms with Crippen molar-refractivity contribution < 1.29 is 57.5 Å². The van der Waals surface area contributed by atoms with Crippen molar-refractivity contribution in [1.82, 2.24) is 0 Å². The second-order valence-corrected chi connectivity index (χ2v) is 13.1. The smallest absolute Gasteiger partial charge is 0.338 e. The van der Waals surface area contributed by atoms with Crippen LogP contribution in [0.4, 0.5) is 0 Å². The van der Waals surface area contributed by atoms with E-state index in [9.17, 15) is 29.1 Å². The minimum atomic E-state index is -1.99. The minimum absolute atomic E-state index is 0.00398. The van der Waals surface area contributed by atoms with Crippen molar-refractivity contribution in [3.05, 3.63) is 35.9 Å². The number of benzene rings is 1. The van der Waals surface area contributed by atoms with Gasteiger partial charge in [0.15, 0.2) is 11.7 Å². The molecule has 0 amide bonds. The summed E-state index contributed by atoms with van der Waals surface area (Å²) in [7, 11) is 0. The molecule has 3 aliphatic rings. The van der Waals surface area contributed by atoms with Crippen LogP contribution in [0.15, 0.2) is 30.3 Å².